The van der Waals surface area contributed by atoms with Gasteiger partial charge in [-0.25, -0.2) is 4.79 Å². The average Bonchev–Trinajstić information content (AvgIpc) is 2.95. The van der Waals surface area contributed by atoms with E-state index in [1.165, 1.54) is 0 Å². The second kappa shape index (κ2) is 7.84. The van der Waals surface area contributed by atoms with Gasteiger partial charge in [0.2, 0.25) is 0 Å². The van der Waals surface area contributed by atoms with Gasteiger partial charge in [0.25, 0.3) is 0 Å². The highest BCUT2D eigenvalue weighted by molar-refractivity contribution is 5.74. The van der Waals surface area contributed by atoms with Crippen LogP contribution in [0.2, 0.25) is 0 Å². The molecule has 3 unspecified atom stereocenters. The minimum absolute atomic E-state index is 0.256. The highest BCUT2D eigenvalue weighted by Crippen LogP contribution is 2.35. The van der Waals surface area contributed by atoms with Gasteiger partial charge in [0.15, 0.2) is 0 Å². The minimum atomic E-state index is -0.362. The summed E-state index contributed by atoms with van der Waals surface area (Å²) in [6.45, 7) is 4.68. The molecule has 1 saturated carbocycles. The smallest absolute Gasteiger partial charge is 0.315 e. The molecule has 0 saturated heterocycles. The molecule has 0 aromatic carbocycles. The number of carbonyl (C=O) groups is 1. The Morgan fingerprint density at radius 3 is 2.91 bits per heavy atom. The molecule has 3 atom stereocenters. The molecule has 2 amide bonds. The van der Waals surface area contributed by atoms with E-state index < -0.39 is 0 Å². The SMILES string of the molecule is COCC(NC(=O)NCC1(C)CCCCC1O)c1ccc(C)o1. The number of amides is 2. The topological polar surface area (TPSA) is 83.7 Å². The summed E-state index contributed by atoms with van der Waals surface area (Å²) in [7, 11) is 1.59. The summed E-state index contributed by atoms with van der Waals surface area (Å²) in [6.07, 6.45) is 3.51. The monoisotopic (exact) mass is 324 g/mol. The quantitative estimate of drug-likeness (QED) is 0.751. The summed E-state index contributed by atoms with van der Waals surface area (Å²) in [5, 5.41) is 15.9. The zero-order chi connectivity index (χ0) is 16.9. The first kappa shape index (κ1) is 17.8. The van der Waals surface area contributed by atoms with Gasteiger partial charge >= 0.3 is 6.03 Å². The molecule has 0 radical (unpaired) electrons. The first-order chi connectivity index (χ1) is 10.9. The van der Waals surface area contributed by atoms with Crippen LogP contribution in [0.4, 0.5) is 4.79 Å². The number of aryl methyl sites for hydroxylation is 1. The number of aliphatic hydroxyl groups is 1. The Kier molecular flexibility index (Phi) is 6.07. The van der Waals surface area contributed by atoms with Crippen LogP contribution in [-0.4, -0.2) is 37.5 Å². The van der Waals surface area contributed by atoms with Gasteiger partial charge in [0, 0.05) is 19.1 Å². The molecule has 0 aliphatic heterocycles. The molecule has 23 heavy (non-hydrogen) atoms. The molecule has 1 aromatic rings. The van der Waals surface area contributed by atoms with Gasteiger partial charge < -0.3 is 24.9 Å². The number of aliphatic hydroxyl groups excluding tert-OH is 1. The number of hydrogen-bond donors (Lipinski definition) is 3. The molecule has 6 heteroatoms. The van der Waals surface area contributed by atoms with E-state index in [0.29, 0.717) is 18.9 Å². The van der Waals surface area contributed by atoms with Crippen molar-refractivity contribution in [1.29, 1.82) is 0 Å². The Bertz CT molecular complexity index is 516. The van der Waals surface area contributed by atoms with E-state index in [0.717, 1.165) is 31.4 Å². The number of hydrogen-bond acceptors (Lipinski definition) is 4. The second-order valence-corrected chi connectivity index (χ2v) is 6.70. The predicted octanol–water partition coefficient (Wildman–Crippen LogP) is 2.52. The van der Waals surface area contributed by atoms with E-state index in [-0.39, 0.29) is 23.6 Å². The molecular weight excluding hydrogens is 296 g/mol. The maximum atomic E-state index is 12.2. The Morgan fingerprint density at radius 1 is 1.52 bits per heavy atom. The molecule has 6 nitrogen and oxygen atoms in total. The fourth-order valence-electron chi connectivity index (χ4n) is 3.08. The number of rotatable bonds is 6. The zero-order valence-corrected chi connectivity index (χ0v) is 14.2. The summed E-state index contributed by atoms with van der Waals surface area (Å²) in [5.74, 6) is 1.46. The molecule has 2 rings (SSSR count). The molecule has 130 valence electrons. The van der Waals surface area contributed by atoms with Crippen molar-refractivity contribution in [1.82, 2.24) is 10.6 Å². The molecule has 3 N–H and O–H groups in total. The van der Waals surface area contributed by atoms with Gasteiger partial charge in [-0.15, -0.1) is 0 Å². The third-order valence-corrected chi connectivity index (χ3v) is 4.68. The lowest BCUT2D eigenvalue weighted by Crippen LogP contribution is -2.48. The van der Waals surface area contributed by atoms with Gasteiger partial charge in [-0.3, -0.25) is 0 Å². The predicted molar refractivity (Wildman–Crippen MR) is 87.2 cm³/mol. The molecule has 1 fully saturated rings. The molecule has 1 aliphatic carbocycles. The number of furan rings is 1. The molecule has 0 spiro atoms. The van der Waals surface area contributed by atoms with Crippen LogP contribution < -0.4 is 10.6 Å². The molecule has 1 aliphatic rings. The van der Waals surface area contributed by atoms with Crippen molar-refractivity contribution in [3.63, 3.8) is 0 Å². The van der Waals surface area contributed by atoms with Crippen molar-refractivity contribution in [3.05, 3.63) is 23.7 Å². The van der Waals surface area contributed by atoms with Crippen molar-refractivity contribution < 1.29 is 19.1 Å². The summed E-state index contributed by atoms with van der Waals surface area (Å²) < 4.78 is 10.7. The normalized spacial score (nSPS) is 25.8. The van der Waals surface area contributed by atoms with Crippen LogP contribution >= 0.6 is 0 Å². The van der Waals surface area contributed by atoms with Crippen LogP contribution in [0.15, 0.2) is 16.5 Å². The lowest BCUT2D eigenvalue weighted by atomic mass is 9.73. The maximum Gasteiger partial charge on any atom is 0.315 e. The van der Waals surface area contributed by atoms with E-state index in [1.807, 2.05) is 26.0 Å². The Labute approximate surface area is 137 Å². The van der Waals surface area contributed by atoms with Gasteiger partial charge in [-0.05, 0) is 31.9 Å². The van der Waals surface area contributed by atoms with Crippen LogP contribution in [0, 0.1) is 12.3 Å². The van der Waals surface area contributed by atoms with Crippen LogP contribution in [0.3, 0.4) is 0 Å². The van der Waals surface area contributed by atoms with Gasteiger partial charge in [-0.2, -0.15) is 0 Å². The highest BCUT2D eigenvalue weighted by atomic mass is 16.5. The summed E-state index contributed by atoms with van der Waals surface area (Å²) >= 11 is 0. The van der Waals surface area contributed by atoms with E-state index in [9.17, 15) is 9.90 Å². The lowest BCUT2D eigenvalue weighted by Gasteiger charge is -2.38. The molecule has 1 heterocycles. The van der Waals surface area contributed by atoms with Crippen molar-refractivity contribution in [2.75, 3.05) is 20.3 Å². The maximum absolute atomic E-state index is 12.2. The summed E-state index contributed by atoms with van der Waals surface area (Å²) in [4.78, 5) is 12.2. The van der Waals surface area contributed by atoms with Crippen molar-refractivity contribution in [2.45, 2.75) is 51.7 Å². The van der Waals surface area contributed by atoms with Gasteiger partial charge in [0.05, 0.1) is 12.7 Å². The number of nitrogens with one attached hydrogen (secondary N) is 2. The first-order valence-corrected chi connectivity index (χ1v) is 8.22. The van der Waals surface area contributed by atoms with Crippen molar-refractivity contribution >= 4 is 6.03 Å². The summed E-state index contributed by atoms with van der Waals surface area (Å²) in [5.41, 5.74) is -0.256. The Morgan fingerprint density at radius 2 is 2.30 bits per heavy atom. The van der Waals surface area contributed by atoms with E-state index in [1.54, 1.807) is 7.11 Å². The fourth-order valence-corrected chi connectivity index (χ4v) is 3.08. The van der Waals surface area contributed by atoms with Gasteiger partial charge in [-0.1, -0.05) is 19.8 Å². The Balaban J connectivity index is 1.89. The largest absolute Gasteiger partial charge is 0.464 e. The number of ether oxygens (including phenoxy) is 1. The van der Waals surface area contributed by atoms with Crippen molar-refractivity contribution in [2.24, 2.45) is 5.41 Å². The van der Waals surface area contributed by atoms with Crippen molar-refractivity contribution in [3.8, 4) is 0 Å². The van der Waals surface area contributed by atoms with Crippen LogP contribution in [0.25, 0.3) is 0 Å². The first-order valence-electron chi connectivity index (χ1n) is 8.22. The van der Waals surface area contributed by atoms with Crippen LogP contribution in [-0.2, 0) is 4.74 Å². The fraction of sp³-hybridized carbons (Fsp3) is 0.706. The Hall–Kier alpha value is -1.53. The second-order valence-electron chi connectivity index (χ2n) is 6.70. The lowest BCUT2D eigenvalue weighted by molar-refractivity contribution is 0.00297. The minimum Gasteiger partial charge on any atom is -0.464 e. The number of urea groups is 1. The van der Waals surface area contributed by atoms with Crippen LogP contribution in [0.1, 0.15) is 50.2 Å². The summed E-state index contributed by atoms with van der Waals surface area (Å²) in [6, 6.07) is 3.08. The molecule has 1 aromatic heterocycles. The van der Waals surface area contributed by atoms with E-state index in [2.05, 4.69) is 10.6 Å². The highest BCUT2D eigenvalue weighted by Gasteiger charge is 2.35. The number of carbonyl (C=O) groups excluding carboxylic acids is 1. The molecular formula is C17H28N2O4. The van der Waals surface area contributed by atoms with Gasteiger partial charge in [0.1, 0.15) is 17.6 Å². The van der Waals surface area contributed by atoms with E-state index >= 15 is 0 Å². The average molecular weight is 324 g/mol. The standard InChI is InChI=1S/C17H28N2O4/c1-12-7-8-14(23-12)13(10-22-3)19-16(21)18-11-17(2)9-5-4-6-15(17)20/h7-8,13,15,20H,4-6,9-11H2,1-3H3,(H2,18,19,21). The third-order valence-electron chi connectivity index (χ3n) is 4.68. The van der Waals surface area contributed by atoms with Crippen LogP contribution in [0.5, 0.6) is 0 Å². The number of methoxy groups -OCH3 is 1. The molecule has 0 bridgehead atoms. The third kappa shape index (κ3) is 4.72. The van der Waals surface area contributed by atoms with E-state index in [4.69, 9.17) is 9.15 Å². The zero-order valence-electron chi connectivity index (χ0n) is 14.2.